The molecule has 0 aliphatic heterocycles. The number of benzene rings is 2. The predicted molar refractivity (Wildman–Crippen MR) is 230 cm³/mol. The Morgan fingerprint density at radius 3 is 2.02 bits per heavy atom. The monoisotopic (exact) mass is 797 g/mol. The van der Waals surface area contributed by atoms with Gasteiger partial charge in [-0.25, -0.2) is 4.79 Å². The van der Waals surface area contributed by atoms with Crippen molar-refractivity contribution in [3.05, 3.63) is 65.7 Å². The smallest absolute Gasteiger partial charge is 0.343 e. The minimum atomic E-state index is -0.493. The van der Waals surface area contributed by atoms with Crippen LogP contribution in [-0.4, -0.2) is 31.1 Å². The molecule has 0 saturated heterocycles. The van der Waals surface area contributed by atoms with Gasteiger partial charge in [-0.3, -0.25) is 9.59 Å². The molecule has 0 unspecified atom stereocenters. The zero-order valence-electron chi connectivity index (χ0n) is 36.5. The van der Waals surface area contributed by atoms with Gasteiger partial charge in [-0.15, -0.1) is 0 Å². The van der Waals surface area contributed by atoms with Crippen LogP contribution < -0.4 is 14.2 Å². The number of carbonyl (C=O) groups is 3. The van der Waals surface area contributed by atoms with E-state index in [1.54, 1.807) is 61.2 Å². The van der Waals surface area contributed by atoms with E-state index in [0.29, 0.717) is 41.1 Å². The Morgan fingerprint density at radius 2 is 1.33 bits per heavy atom. The van der Waals surface area contributed by atoms with Crippen LogP contribution in [0, 0.1) is 46.3 Å². The van der Waals surface area contributed by atoms with E-state index in [4.69, 9.17) is 18.9 Å². The number of hydrogen-bond acceptors (Lipinski definition) is 7. The van der Waals surface area contributed by atoms with Gasteiger partial charge in [0.1, 0.15) is 23.4 Å². The van der Waals surface area contributed by atoms with Crippen molar-refractivity contribution in [1.82, 2.24) is 0 Å². The quantitative estimate of drug-likeness (QED) is 0.0605. The molecular weight excluding hydrogens is 725 g/mol. The van der Waals surface area contributed by atoms with Crippen LogP contribution in [0.3, 0.4) is 0 Å². The number of ether oxygens (including phenoxy) is 4. The molecule has 0 N–H and O–H groups in total. The number of rotatable bonds is 19. The van der Waals surface area contributed by atoms with Gasteiger partial charge in [-0.1, -0.05) is 91.2 Å². The highest BCUT2D eigenvalue weighted by molar-refractivity contribution is 5.91. The van der Waals surface area contributed by atoms with Crippen LogP contribution in [0.4, 0.5) is 0 Å². The largest absolute Gasteiger partial charge is 0.497 e. The Hall–Kier alpha value is -3.61. The highest BCUT2D eigenvalue weighted by Gasteiger charge is 2.59. The van der Waals surface area contributed by atoms with Gasteiger partial charge >= 0.3 is 17.9 Å². The molecule has 6 rings (SSSR count). The Balaban J connectivity index is 0.831. The van der Waals surface area contributed by atoms with Crippen molar-refractivity contribution in [1.29, 1.82) is 0 Å². The van der Waals surface area contributed by atoms with Crippen LogP contribution >= 0.6 is 0 Å². The number of carbonyl (C=O) groups excluding carboxylic acids is 3. The van der Waals surface area contributed by atoms with Crippen molar-refractivity contribution < 1.29 is 33.3 Å². The third kappa shape index (κ3) is 10.8. The second-order valence-corrected chi connectivity index (χ2v) is 19.3. The molecule has 3 fully saturated rings. The van der Waals surface area contributed by atoms with E-state index >= 15 is 0 Å². The fourth-order valence-corrected chi connectivity index (χ4v) is 11.9. The lowest BCUT2D eigenvalue weighted by molar-refractivity contribution is -0.151. The zero-order chi connectivity index (χ0) is 41.3. The first kappa shape index (κ1) is 44.0. The van der Waals surface area contributed by atoms with E-state index in [2.05, 4.69) is 40.7 Å². The lowest BCUT2D eigenvalue weighted by Gasteiger charge is -2.58. The summed E-state index contributed by atoms with van der Waals surface area (Å²) >= 11 is 0. The molecule has 3 saturated carbocycles. The minimum absolute atomic E-state index is 0.0269. The highest BCUT2D eigenvalue weighted by atomic mass is 16.5. The van der Waals surface area contributed by atoms with Gasteiger partial charge in [0.05, 0.1) is 12.7 Å². The second kappa shape index (κ2) is 20.1. The Morgan fingerprint density at radius 1 is 0.690 bits per heavy atom. The third-order valence-electron chi connectivity index (χ3n) is 15.2. The molecule has 4 aliphatic rings. The zero-order valence-corrected chi connectivity index (χ0v) is 36.5. The standard InChI is InChI=1S/C51H72O7/c1-35(2)14-13-15-36(3)44-28-29-45-43-27-20-38-34-42(30-32-50(38,4)46(43)31-33-51(44,45)5)57-48(53)17-12-10-8-7-9-11-16-47(52)56-40-21-18-37(19-22-40)49(54)58-41-25-23-39(55-6)24-26-41/h18-26,35-36,42-46H,7-17,27-34H2,1-6H3/t36-,42+,43+,44-,45+,46+,50+,51-/m1/s1. The maximum Gasteiger partial charge on any atom is 0.343 e. The van der Waals surface area contributed by atoms with E-state index in [9.17, 15) is 14.4 Å². The summed E-state index contributed by atoms with van der Waals surface area (Å²) in [5.41, 5.74) is 2.73. The van der Waals surface area contributed by atoms with Crippen LogP contribution in [0.5, 0.6) is 17.2 Å². The lowest BCUT2D eigenvalue weighted by Crippen LogP contribution is -2.51. The van der Waals surface area contributed by atoms with E-state index < -0.39 is 5.97 Å². The number of hydrogen-bond donors (Lipinski definition) is 0. The average Bonchev–Trinajstić information content (AvgIpc) is 3.56. The van der Waals surface area contributed by atoms with Gasteiger partial charge in [0, 0.05) is 19.3 Å². The van der Waals surface area contributed by atoms with Crippen molar-refractivity contribution in [3.8, 4) is 17.2 Å². The minimum Gasteiger partial charge on any atom is -0.497 e. The molecule has 4 aliphatic carbocycles. The molecule has 0 bridgehead atoms. The van der Waals surface area contributed by atoms with Crippen molar-refractivity contribution in [2.45, 2.75) is 163 Å². The molecule has 0 aromatic heterocycles. The fraction of sp³-hybridized carbons (Fsp3) is 0.667. The van der Waals surface area contributed by atoms with Crippen LogP contribution in [-0.2, 0) is 14.3 Å². The number of fused-ring (bicyclic) bond motifs is 5. The normalized spacial score (nSPS) is 28.1. The topological polar surface area (TPSA) is 88.1 Å². The van der Waals surface area contributed by atoms with Gasteiger partial charge in [0.2, 0.25) is 0 Å². The summed E-state index contributed by atoms with van der Waals surface area (Å²) in [6, 6.07) is 13.1. The first-order valence-electron chi connectivity index (χ1n) is 23.0. The van der Waals surface area contributed by atoms with Crippen LogP contribution in [0.2, 0.25) is 0 Å². The molecule has 0 radical (unpaired) electrons. The highest BCUT2D eigenvalue weighted by Crippen LogP contribution is 2.67. The average molecular weight is 797 g/mol. The van der Waals surface area contributed by atoms with Crippen molar-refractivity contribution in [3.63, 3.8) is 0 Å². The molecule has 7 nitrogen and oxygen atoms in total. The lowest BCUT2D eigenvalue weighted by atomic mass is 9.47. The molecule has 2 aromatic carbocycles. The molecule has 0 heterocycles. The second-order valence-electron chi connectivity index (χ2n) is 19.3. The maximum atomic E-state index is 12.9. The molecule has 318 valence electrons. The number of unbranched alkanes of at least 4 members (excludes halogenated alkanes) is 5. The predicted octanol–water partition coefficient (Wildman–Crippen LogP) is 12.9. The van der Waals surface area contributed by atoms with Gasteiger partial charge < -0.3 is 18.9 Å². The summed E-state index contributed by atoms with van der Waals surface area (Å²) in [5.74, 6) is 5.69. The summed E-state index contributed by atoms with van der Waals surface area (Å²) in [5, 5.41) is 0. The van der Waals surface area contributed by atoms with Crippen molar-refractivity contribution >= 4 is 17.9 Å². The first-order chi connectivity index (χ1) is 27.9. The van der Waals surface area contributed by atoms with Crippen LogP contribution in [0.15, 0.2) is 60.2 Å². The van der Waals surface area contributed by atoms with Crippen molar-refractivity contribution in [2.75, 3.05) is 7.11 Å². The molecule has 0 spiro atoms. The summed E-state index contributed by atoms with van der Waals surface area (Å²) in [6.07, 6.45) is 23.1. The molecule has 2 aromatic rings. The molecule has 58 heavy (non-hydrogen) atoms. The number of methoxy groups -OCH3 is 1. The van der Waals surface area contributed by atoms with Crippen LogP contribution in [0.1, 0.15) is 167 Å². The van der Waals surface area contributed by atoms with Gasteiger partial charge in [-0.2, -0.15) is 0 Å². The maximum absolute atomic E-state index is 12.9. The molecular formula is C51H72O7. The Kier molecular flexibility index (Phi) is 15.2. The Bertz CT molecular complexity index is 1690. The fourth-order valence-electron chi connectivity index (χ4n) is 11.9. The SMILES string of the molecule is COc1ccc(OC(=O)c2ccc(OC(=O)CCCCCCCCC(=O)O[C@H]3CC[C@@]4(C)C(=CC[C@H]5[C@@H]6CC[C@H]([C@H](C)CCCC(C)C)[C@@]6(C)CC[C@@H]54)C3)cc2)cc1. The summed E-state index contributed by atoms with van der Waals surface area (Å²) in [6.45, 7) is 12.5. The number of esters is 3. The number of allylic oxidation sites excluding steroid dienone is 1. The summed E-state index contributed by atoms with van der Waals surface area (Å²) in [4.78, 5) is 37.8. The van der Waals surface area contributed by atoms with E-state index in [0.717, 1.165) is 93.3 Å². The van der Waals surface area contributed by atoms with Gasteiger partial charge in [-0.05, 0) is 153 Å². The van der Waals surface area contributed by atoms with Gasteiger partial charge in [0.15, 0.2) is 0 Å². The summed E-state index contributed by atoms with van der Waals surface area (Å²) < 4.78 is 22.1. The molecule has 0 amide bonds. The molecule has 8 atom stereocenters. The van der Waals surface area contributed by atoms with E-state index in [1.807, 2.05) is 0 Å². The molecule has 7 heteroatoms. The van der Waals surface area contributed by atoms with Crippen molar-refractivity contribution in [2.24, 2.45) is 46.3 Å². The first-order valence-corrected chi connectivity index (χ1v) is 23.0. The van der Waals surface area contributed by atoms with Crippen LogP contribution in [0.25, 0.3) is 0 Å². The Labute approximate surface area is 349 Å². The van der Waals surface area contributed by atoms with Gasteiger partial charge in [0.25, 0.3) is 0 Å². The summed E-state index contributed by atoms with van der Waals surface area (Å²) in [7, 11) is 1.58. The van der Waals surface area contributed by atoms with E-state index in [-0.39, 0.29) is 23.5 Å². The third-order valence-corrected chi connectivity index (χ3v) is 15.2. The van der Waals surface area contributed by atoms with E-state index in [1.165, 1.54) is 51.4 Å².